The first-order chi connectivity index (χ1) is 20.1. The molecule has 43 heavy (non-hydrogen) atoms. The lowest BCUT2D eigenvalue weighted by Crippen LogP contribution is -2.49. The van der Waals surface area contributed by atoms with Crippen molar-refractivity contribution in [1.82, 2.24) is 10.3 Å². The highest BCUT2D eigenvalue weighted by molar-refractivity contribution is 6.30. The molecule has 0 radical (unpaired) electrons. The highest BCUT2D eigenvalue weighted by Gasteiger charge is 2.55. The van der Waals surface area contributed by atoms with Crippen LogP contribution < -0.4 is 10.1 Å². The van der Waals surface area contributed by atoms with Crippen molar-refractivity contribution in [1.29, 1.82) is 0 Å². The van der Waals surface area contributed by atoms with Gasteiger partial charge in [-0.1, -0.05) is 48.0 Å². The van der Waals surface area contributed by atoms with Crippen molar-refractivity contribution >= 4 is 17.5 Å². The molecule has 0 saturated carbocycles. The van der Waals surface area contributed by atoms with E-state index in [0.29, 0.717) is 17.7 Å². The molecule has 1 aliphatic rings. The fourth-order valence-electron chi connectivity index (χ4n) is 4.67. The van der Waals surface area contributed by atoms with Crippen LogP contribution in [0.3, 0.4) is 0 Å². The first-order valence-electron chi connectivity index (χ1n) is 12.2. The number of fused-ring (bicyclic) bond motifs is 1. The molecule has 224 valence electrons. The van der Waals surface area contributed by atoms with Crippen molar-refractivity contribution in [3.63, 3.8) is 0 Å². The van der Waals surface area contributed by atoms with Crippen LogP contribution in [0.15, 0.2) is 85.1 Å². The minimum atomic E-state index is -5.13. The maximum absolute atomic E-state index is 14.8. The molecular weight excluding hydrogens is 612 g/mol. The fraction of sp³-hybridized carbons (Fsp3) is 0.172. The maximum atomic E-state index is 14.8. The van der Waals surface area contributed by atoms with Gasteiger partial charge in [-0.15, -0.1) is 8.78 Å². The van der Waals surface area contributed by atoms with Gasteiger partial charge in [0.25, 0.3) is 5.91 Å². The lowest BCUT2D eigenvalue weighted by Gasteiger charge is -2.37. The fourth-order valence-corrected chi connectivity index (χ4v) is 4.78. The number of pyridine rings is 1. The molecule has 2 heterocycles. The van der Waals surface area contributed by atoms with Crippen LogP contribution in [0, 0.1) is 5.82 Å². The Morgan fingerprint density at radius 2 is 1.65 bits per heavy atom. The Morgan fingerprint density at radius 1 is 0.930 bits per heavy atom. The van der Waals surface area contributed by atoms with Crippen LogP contribution >= 0.6 is 11.6 Å². The number of rotatable bonds is 6. The molecule has 4 aromatic rings. The summed E-state index contributed by atoms with van der Waals surface area (Å²) in [5, 5.41) is 2.74. The predicted molar refractivity (Wildman–Crippen MR) is 136 cm³/mol. The summed E-state index contributed by atoms with van der Waals surface area (Å²) in [7, 11) is 0. The molecule has 0 bridgehead atoms. The summed E-state index contributed by atoms with van der Waals surface area (Å²) in [5.74, 6) is -3.70. The highest BCUT2D eigenvalue weighted by Crippen LogP contribution is 2.48. The largest absolute Gasteiger partial charge is 0.540 e. The number of benzene rings is 3. The second-order valence-corrected chi connectivity index (χ2v) is 9.91. The number of amides is 1. The number of aromatic nitrogens is 1. The molecule has 1 aromatic heterocycles. The van der Waals surface area contributed by atoms with E-state index in [9.17, 15) is 39.9 Å². The summed E-state index contributed by atoms with van der Waals surface area (Å²) in [4.78, 5) is 17.9. The van der Waals surface area contributed by atoms with Gasteiger partial charge >= 0.3 is 18.6 Å². The van der Waals surface area contributed by atoms with Crippen LogP contribution in [-0.4, -0.2) is 17.2 Å². The van der Waals surface area contributed by atoms with Crippen LogP contribution in [0.5, 0.6) is 5.75 Å². The van der Waals surface area contributed by atoms with E-state index in [1.54, 1.807) is 30.3 Å². The monoisotopic (exact) mass is 628 g/mol. The molecule has 0 saturated heterocycles. The van der Waals surface area contributed by atoms with E-state index >= 15 is 0 Å². The van der Waals surface area contributed by atoms with Crippen molar-refractivity contribution in [2.45, 2.75) is 30.5 Å². The third kappa shape index (κ3) is 6.13. The Hall–Kier alpha value is -4.23. The first-order valence-corrected chi connectivity index (χ1v) is 12.6. The lowest BCUT2D eigenvalue weighted by molar-refractivity contribution is -0.461. The van der Waals surface area contributed by atoms with E-state index in [-0.39, 0.29) is 22.7 Å². The molecule has 0 aliphatic carbocycles. The normalized spacial score (nSPS) is 16.9. The Bertz CT molecular complexity index is 1670. The number of hydrogen-bond acceptors (Lipinski definition) is 4. The zero-order valence-electron chi connectivity index (χ0n) is 21.4. The Kier molecular flexibility index (Phi) is 7.59. The van der Waals surface area contributed by atoms with Crippen LogP contribution in [0.2, 0.25) is 5.02 Å². The van der Waals surface area contributed by atoms with E-state index in [1.165, 1.54) is 18.3 Å². The zero-order chi connectivity index (χ0) is 31.2. The average Bonchev–Trinajstić information content (AvgIpc) is 2.92. The van der Waals surface area contributed by atoms with E-state index in [1.807, 2.05) is 0 Å². The summed E-state index contributed by atoms with van der Waals surface area (Å²) in [6.45, 7) is 0. The van der Waals surface area contributed by atoms with Gasteiger partial charge in [-0.3, -0.25) is 9.78 Å². The minimum absolute atomic E-state index is 0.0153. The Labute approximate surface area is 243 Å². The van der Waals surface area contributed by atoms with Gasteiger partial charge in [0, 0.05) is 18.2 Å². The molecular formula is C29H17ClF8N2O3. The number of nitrogens with zero attached hydrogens (tertiary/aromatic N) is 1. The summed E-state index contributed by atoms with van der Waals surface area (Å²) >= 11 is 6.01. The molecule has 5 rings (SSSR count). The molecule has 1 amide bonds. The minimum Gasteiger partial charge on any atom is -0.409 e. The topological polar surface area (TPSA) is 60.5 Å². The van der Waals surface area contributed by atoms with Crippen LogP contribution in [0.4, 0.5) is 35.1 Å². The van der Waals surface area contributed by atoms with E-state index in [0.717, 1.165) is 24.3 Å². The van der Waals surface area contributed by atoms with Gasteiger partial charge in [0.15, 0.2) is 0 Å². The van der Waals surface area contributed by atoms with Crippen LogP contribution in [0.1, 0.15) is 38.3 Å². The highest BCUT2D eigenvalue weighted by atomic mass is 35.5. The van der Waals surface area contributed by atoms with Crippen LogP contribution in [0.25, 0.3) is 0 Å². The van der Waals surface area contributed by atoms with Gasteiger partial charge in [0.2, 0.25) is 0 Å². The SMILES string of the molecule is O=C(N[C@@](Cc1ccccc1)(c1ccc2c(c1)C(F)(F)OC(F)(F)O2)c1ccc(Cl)cn1)c1ccc(F)c(C(F)(F)F)c1. The molecule has 14 heteroatoms. The molecule has 0 spiro atoms. The van der Waals surface area contributed by atoms with E-state index < -0.39 is 58.3 Å². The quantitative estimate of drug-likeness (QED) is 0.221. The third-order valence-corrected chi connectivity index (χ3v) is 6.82. The summed E-state index contributed by atoms with van der Waals surface area (Å²) in [5.41, 5.74) is -5.05. The number of ether oxygens (including phenoxy) is 2. The first kappa shape index (κ1) is 30.2. The average molecular weight is 629 g/mol. The number of hydrogen-bond donors (Lipinski definition) is 1. The number of carbonyl (C=O) groups excluding carboxylic acids is 1. The van der Waals surface area contributed by atoms with Crippen molar-refractivity contribution in [3.8, 4) is 5.75 Å². The second kappa shape index (κ2) is 10.8. The maximum Gasteiger partial charge on any atom is 0.540 e. The van der Waals surface area contributed by atoms with Crippen molar-refractivity contribution in [2.75, 3.05) is 0 Å². The number of carbonyl (C=O) groups is 1. The molecule has 1 N–H and O–H groups in total. The van der Waals surface area contributed by atoms with Gasteiger partial charge < -0.3 is 10.1 Å². The predicted octanol–water partition coefficient (Wildman–Crippen LogP) is 7.82. The number of halogens is 9. The van der Waals surface area contributed by atoms with Gasteiger partial charge in [-0.05, 0) is 53.6 Å². The van der Waals surface area contributed by atoms with Gasteiger partial charge in [0.05, 0.1) is 21.8 Å². The van der Waals surface area contributed by atoms with Gasteiger partial charge in [0.1, 0.15) is 17.1 Å². The summed E-state index contributed by atoms with van der Waals surface area (Å²) in [6, 6.07) is 15.2. The summed E-state index contributed by atoms with van der Waals surface area (Å²) < 4.78 is 119. The second-order valence-electron chi connectivity index (χ2n) is 9.47. The third-order valence-electron chi connectivity index (χ3n) is 6.60. The van der Waals surface area contributed by atoms with E-state index in [4.69, 9.17) is 11.6 Å². The molecule has 5 nitrogen and oxygen atoms in total. The van der Waals surface area contributed by atoms with E-state index in [2.05, 4.69) is 19.8 Å². The number of nitrogens with one attached hydrogen (secondary N) is 1. The molecule has 3 aromatic carbocycles. The smallest absolute Gasteiger partial charge is 0.409 e. The van der Waals surface area contributed by atoms with Crippen molar-refractivity contribution in [2.24, 2.45) is 0 Å². The van der Waals surface area contributed by atoms with Crippen molar-refractivity contribution in [3.05, 3.63) is 129 Å². The van der Waals surface area contributed by atoms with Crippen molar-refractivity contribution < 1.29 is 49.4 Å². The molecule has 0 unspecified atom stereocenters. The number of alkyl halides is 7. The van der Waals surface area contributed by atoms with Gasteiger partial charge in [-0.2, -0.15) is 22.0 Å². The van der Waals surface area contributed by atoms with Crippen LogP contribution in [-0.2, 0) is 29.0 Å². The standard InChI is InChI=1S/C29H17ClF8N2O3/c30-19-8-11-24(39-15-19)26(14-16-4-2-1-3-5-16,40-25(41)17-6-9-22(31)20(12-17)27(32,33)34)18-7-10-23-21(13-18)28(35,36)43-29(37,38)42-23/h1-13,15H,14H2,(H,40,41)/t26-/m0/s1. The molecule has 1 aliphatic heterocycles. The molecule has 0 fully saturated rings. The Morgan fingerprint density at radius 3 is 2.30 bits per heavy atom. The molecule has 1 atom stereocenters. The van der Waals surface area contributed by atoms with Gasteiger partial charge in [-0.25, -0.2) is 9.13 Å². The summed E-state index contributed by atoms with van der Waals surface area (Å²) in [6.07, 6.45) is -13.4. The lowest BCUT2D eigenvalue weighted by atomic mass is 9.79. The Balaban J connectivity index is 1.73. The zero-order valence-corrected chi connectivity index (χ0v) is 22.1.